The molecule has 1 aromatic rings. The second kappa shape index (κ2) is 5.51. The van der Waals surface area contributed by atoms with E-state index in [1.54, 1.807) is 0 Å². The molecule has 2 rings (SSSR count). The predicted molar refractivity (Wildman–Crippen MR) is 82.4 cm³/mol. The fraction of sp³-hybridized carbons (Fsp3) is 0.600. The van der Waals surface area contributed by atoms with Gasteiger partial charge in [-0.2, -0.15) is 0 Å². The van der Waals surface area contributed by atoms with Gasteiger partial charge < -0.3 is 10.1 Å². The van der Waals surface area contributed by atoms with E-state index >= 15 is 0 Å². The quantitative estimate of drug-likeness (QED) is 0.852. The lowest BCUT2D eigenvalue weighted by Gasteiger charge is -2.52. The minimum absolute atomic E-state index is 0.108. The minimum Gasteiger partial charge on any atom is -0.380 e. The average Bonchev–Trinajstić information content (AvgIpc) is 2.34. The van der Waals surface area contributed by atoms with E-state index in [4.69, 9.17) is 27.9 Å². The second-order valence-corrected chi connectivity index (χ2v) is 6.59. The van der Waals surface area contributed by atoms with Gasteiger partial charge in [0.2, 0.25) is 0 Å². The van der Waals surface area contributed by atoms with Crippen molar-refractivity contribution in [3.8, 4) is 0 Å². The van der Waals surface area contributed by atoms with Crippen molar-refractivity contribution >= 4 is 28.9 Å². The molecule has 2 nitrogen and oxygen atoms in total. The maximum Gasteiger partial charge on any atom is 0.0665 e. The molecule has 1 aliphatic rings. The lowest BCUT2D eigenvalue weighted by Crippen LogP contribution is -2.58. The Hall–Kier alpha value is -0.440. The fourth-order valence-electron chi connectivity index (χ4n) is 2.56. The van der Waals surface area contributed by atoms with Crippen molar-refractivity contribution in [2.45, 2.75) is 46.3 Å². The van der Waals surface area contributed by atoms with Crippen molar-refractivity contribution in [3.63, 3.8) is 0 Å². The number of hydrogen-bond donors (Lipinski definition) is 1. The van der Waals surface area contributed by atoms with Crippen LogP contribution in [-0.4, -0.2) is 18.8 Å². The van der Waals surface area contributed by atoms with E-state index in [1.165, 1.54) is 0 Å². The summed E-state index contributed by atoms with van der Waals surface area (Å²) in [5.41, 5.74) is 2.01. The zero-order valence-electron chi connectivity index (χ0n) is 11.9. The number of rotatable bonds is 4. The molecular weight excluding hydrogens is 281 g/mol. The Morgan fingerprint density at radius 1 is 1.32 bits per heavy atom. The summed E-state index contributed by atoms with van der Waals surface area (Å²) < 4.78 is 5.74. The molecule has 0 bridgehead atoms. The van der Waals surface area contributed by atoms with Crippen molar-refractivity contribution in [1.29, 1.82) is 0 Å². The van der Waals surface area contributed by atoms with Gasteiger partial charge in [0.05, 0.1) is 16.8 Å². The van der Waals surface area contributed by atoms with Crippen LogP contribution in [0.2, 0.25) is 10.0 Å². The zero-order valence-corrected chi connectivity index (χ0v) is 13.4. The molecule has 4 heteroatoms. The summed E-state index contributed by atoms with van der Waals surface area (Å²) in [5.74, 6) is 0. The molecule has 2 unspecified atom stereocenters. The average molecular weight is 302 g/mol. The van der Waals surface area contributed by atoms with Crippen LogP contribution in [0.25, 0.3) is 0 Å². The highest BCUT2D eigenvalue weighted by atomic mass is 35.5. The SMILES string of the molecule is CCOC1CC(Nc2cc(Cl)c(C)cc2Cl)C1(C)C. The van der Waals surface area contributed by atoms with Crippen molar-refractivity contribution < 1.29 is 4.74 Å². The normalized spacial score (nSPS) is 24.9. The largest absolute Gasteiger partial charge is 0.380 e. The summed E-state index contributed by atoms with van der Waals surface area (Å²) in [6.07, 6.45) is 1.32. The van der Waals surface area contributed by atoms with Crippen LogP contribution in [0, 0.1) is 12.3 Å². The van der Waals surface area contributed by atoms with Gasteiger partial charge in [-0.15, -0.1) is 0 Å². The van der Waals surface area contributed by atoms with Crippen LogP contribution in [0.15, 0.2) is 12.1 Å². The third kappa shape index (κ3) is 2.86. The van der Waals surface area contributed by atoms with Gasteiger partial charge in [-0.25, -0.2) is 0 Å². The molecule has 2 atom stereocenters. The number of halogens is 2. The van der Waals surface area contributed by atoms with Crippen LogP contribution in [0.4, 0.5) is 5.69 Å². The third-order valence-corrected chi connectivity index (χ3v) is 4.84. The first kappa shape index (κ1) is 15.0. The lowest BCUT2D eigenvalue weighted by molar-refractivity contribution is -0.0975. The highest BCUT2D eigenvalue weighted by Gasteiger charge is 2.49. The maximum atomic E-state index is 6.26. The molecule has 106 valence electrons. The summed E-state index contributed by atoms with van der Waals surface area (Å²) in [7, 11) is 0. The maximum absolute atomic E-state index is 6.26. The van der Waals surface area contributed by atoms with Gasteiger partial charge >= 0.3 is 0 Å². The Bertz CT molecular complexity index is 473. The Morgan fingerprint density at radius 2 is 2.00 bits per heavy atom. The number of nitrogens with one attached hydrogen (secondary N) is 1. The van der Waals surface area contributed by atoms with Crippen LogP contribution < -0.4 is 5.32 Å². The van der Waals surface area contributed by atoms with E-state index in [-0.39, 0.29) is 5.41 Å². The van der Waals surface area contributed by atoms with Crippen LogP contribution in [0.1, 0.15) is 32.8 Å². The minimum atomic E-state index is 0.108. The standard InChI is InChI=1S/C15H21Cl2NO/c1-5-19-14-8-13(15(14,3)4)18-12-7-10(16)9(2)6-11(12)17/h6-7,13-14,18H,5,8H2,1-4H3. The monoisotopic (exact) mass is 301 g/mol. The van der Waals surface area contributed by atoms with E-state index < -0.39 is 0 Å². The van der Waals surface area contributed by atoms with Gasteiger partial charge in [-0.1, -0.05) is 37.0 Å². The molecule has 0 spiro atoms. The molecule has 19 heavy (non-hydrogen) atoms. The summed E-state index contributed by atoms with van der Waals surface area (Å²) in [6, 6.07) is 4.17. The zero-order chi connectivity index (χ0) is 14.2. The van der Waals surface area contributed by atoms with E-state index in [2.05, 4.69) is 19.2 Å². The molecule has 1 saturated carbocycles. The van der Waals surface area contributed by atoms with Crippen LogP contribution in [-0.2, 0) is 4.74 Å². The molecule has 0 amide bonds. The van der Waals surface area contributed by atoms with Crippen LogP contribution >= 0.6 is 23.2 Å². The Morgan fingerprint density at radius 3 is 2.58 bits per heavy atom. The highest BCUT2D eigenvalue weighted by Crippen LogP contribution is 2.45. The van der Waals surface area contributed by atoms with Gasteiger partial charge in [0.15, 0.2) is 0 Å². The van der Waals surface area contributed by atoms with Gasteiger partial charge in [-0.05, 0) is 38.0 Å². The molecule has 1 fully saturated rings. The van der Waals surface area contributed by atoms with E-state index in [9.17, 15) is 0 Å². The highest BCUT2D eigenvalue weighted by molar-refractivity contribution is 6.35. The Kier molecular flexibility index (Phi) is 4.34. The Labute approximate surface area is 125 Å². The molecule has 0 saturated heterocycles. The van der Waals surface area contributed by atoms with Crippen LogP contribution in [0.5, 0.6) is 0 Å². The van der Waals surface area contributed by atoms with Crippen molar-refractivity contribution in [1.82, 2.24) is 0 Å². The van der Waals surface area contributed by atoms with Gasteiger partial charge in [-0.3, -0.25) is 0 Å². The van der Waals surface area contributed by atoms with Crippen molar-refractivity contribution in [2.24, 2.45) is 5.41 Å². The smallest absolute Gasteiger partial charge is 0.0665 e. The molecule has 1 aromatic carbocycles. The summed E-state index contributed by atoms with van der Waals surface area (Å²) in [6.45, 7) is 9.19. The van der Waals surface area contributed by atoms with Crippen molar-refractivity contribution in [3.05, 3.63) is 27.7 Å². The number of hydrogen-bond acceptors (Lipinski definition) is 2. The van der Waals surface area contributed by atoms with Crippen LogP contribution in [0.3, 0.4) is 0 Å². The number of ether oxygens (including phenoxy) is 1. The van der Waals surface area contributed by atoms with E-state index in [0.717, 1.165) is 34.3 Å². The third-order valence-electron chi connectivity index (χ3n) is 4.12. The molecule has 0 aromatic heterocycles. The molecule has 0 aliphatic heterocycles. The number of anilines is 1. The van der Waals surface area contributed by atoms with E-state index in [1.807, 2.05) is 26.0 Å². The number of aryl methyl sites for hydroxylation is 1. The predicted octanol–water partition coefficient (Wildman–Crippen LogP) is 4.92. The molecule has 0 radical (unpaired) electrons. The fourth-order valence-corrected chi connectivity index (χ4v) is 3.00. The number of benzene rings is 1. The molecule has 1 N–H and O–H groups in total. The topological polar surface area (TPSA) is 21.3 Å². The van der Waals surface area contributed by atoms with Gasteiger partial charge in [0.1, 0.15) is 0 Å². The molecule has 0 heterocycles. The van der Waals surface area contributed by atoms with Gasteiger partial charge in [0.25, 0.3) is 0 Å². The Balaban J connectivity index is 2.09. The van der Waals surface area contributed by atoms with E-state index in [0.29, 0.717) is 12.1 Å². The van der Waals surface area contributed by atoms with Gasteiger partial charge in [0, 0.05) is 23.1 Å². The summed E-state index contributed by atoms with van der Waals surface area (Å²) in [4.78, 5) is 0. The first-order valence-electron chi connectivity index (χ1n) is 6.70. The second-order valence-electron chi connectivity index (χ2n) is 5.78. The summed E-state index contributed by atoms with van der Waals surface area (Å²) in [5, 5.41) is 4.96. The first-order chi connectivity index (χ1) is 8.86. The molecule has 1 aliphatic carbocycles. The first-order valence-corrected chi connectivity index (χ1v) is 7.45. The lowest BCUT2D eigenvalue weighted by atomic mass is 9.64. The summed E-state index contributed by atoms with van der Waals surface area (Å²) >= 11 is 12.4. The molecular formula is C15H21Cl2NO. The van der Waals surface area contributed by atoms with Crippen molar-refractivity contribution in [2.75, 3.05) is 11.9 Å².